The fourth-order valence-electron chi connectivity index (χ4n) is 1.67. The molecule has 1 fully saturated rings. The van der Waals surface area contributed by atoms with E-state index in [1.165, 1.54) is 0 Å². The van der Waals surface area contributed by atoms with Crippen LogP contribution in [0.3, 0.4) is 0 Å². The third-order valence-electron chi connectivity index (χ3n) is 3.48. The Kier molecular flexibility index (Phi) is 3.47. The summed E-state index contributed by atoms with van der Waals surface area (Å²) in [4.78, 5) is 1.07. The van der Waals surface area contributed by atoms with Crippen LogP contribution < -0.4 is 5.73 Å². The van der Waals surface area contributed by atoms with Gasteiger partial charge in [0.05, 0.1) is 17.1 Å². The average molecular weight is 318 g/mol. The number of hydrogen-bond acceptors (Lipinski definition) is 4. The number of nitrogens with two attached hydrogens (primary N) is 1. The van der Waals surface area contributed by atoms with E-state index in [1.807, 2.05) is 39.1 Å². The minimum atomic E-state index is -0.384. The van der Waals surface area contributed by atoms with Gasteiger partial charge < -0.3 is 15.0 Å². The van der Waals surface area contributed by atoms with Gasteiger partial charge in [-0.3, -0.25) is 0 Å². The van der Waals surface area contributed by atoms with Crippen LogP contribution in [0, 0.1) is 0 Å². The number of rotatable bonds is 2. The maximum Gasteiger partial charge on any atom is 0.481 e. The van der Waals surface area contributed by atoms with Crippen molar-refractivity contribution in [2.24, 2.45) is 5.73 Å². The van der Waals surface area contributed by atoms with E-state index < -0.39 is 0 Å². The standard InChI is InChI=1S/C11H17BBrNO2S/c1-10(2)11(3,4)16-12(15-10)9(14)8-5-7(13)6-17-8/h5-6,9H,14H2,1-4H3/t9-/m0/s1. The summed E-state index contributed by atoms with van der Waals surface area (Å²) in [5.41, 5.74) is 5.54. The molecular formula is C11H17BBrNO2S. The van der Waals surface area contributed by atoms with Gasteiger partial charge in [-0.1, -0.05) is 0 Å². The lowest BCUT2D eigenvalue weighted by molar-refractivity contribution is 0.00578. The van der Waals surface area contributed by atoms with Crippen LogP contribution in [0.4, 0.5) is 0 Å². The lowest BCUT2D eigenvalue weighted by Gasteiger charge is -2.32. The van der Waals surface area contributed by atoms with Crippen LogP contribution in [0.25, 0.3) is 0 Å². The van der Waals surface area contributed by atoms with Gasteiger partial charge in [0.15, 0.2) is 0 Å². The molecule has 1 aliphatic rings. The lowest BCUT2D eigenvalue weighted by Crippen LogP contribution is -2.41. The highest BCUT2D eigenvalue weighted by atomic mass is 79.9. The molecule has 0 bridgehead atoms. The van der Waals surface area contributed by atoms with Crippen LogP contribution in [-0.4, -0.2) is 18.3 Å². The summed E-state index contributed by atoms with van der Waals surface area (Å²) < 4.78 is 12.9. The van der Waals surface area contributed by atoms with Crippen molar-refractivity contribution in [2.45, 2.75) is 44.8 Å². The van der Waals surface area contributed by atoms with E-state index in [1.54, 1.807) is 11.3 Å². The molecular weight excluding hydrogens is 301 g/mol. The predicted molar refractivity (Wildman–Crippen MR) is 75.0 cm³/mol. The van der Waals surface area contributed by atoms with Crippen molar-refractivity contribution in [3.8, 4) is 0 Å². The third kappa shape index (κ3) is 2.47. The first-order valence-corrected chi connectivity index (χ1v) is 7.25. The van der Waals surface area contributed by atoms with Gasteiger partial charge in [0.1, 0.15) is 0 Å². The topological polar surface area (TPSA) is 44.5 Å². The zero-order chi connectivity index (χ0) is 12.8. The monoisotopic (exact) mass is 317 g/mol. The molecule has 1 saturated heterocycles. The highest BCUT2D eigenvalue weighted by Crippen LogP contribution is 2.40. The van der Waals surface area contributed by atoms with Crippen LogP contribution in [0.2, 0.25) is 0 Å². The Hall–Kier alpha value is 0.125. The maximum atomic E-state index is 6.20. The molecule has 1 atom stereocenters. The number of halogens is 1. The maximum absolute atomic E-state index is 6.20. The van der Waals surface area contributed by atoms with Gasteiger partial charge in [-0.25, -0.2) is 0 Å². The molecule has 0 unspecified atom stereocenters. The molecule has 2 N–H and O–H groups in total. The fraction of sp³-hybridized carbons (Fsp3) is 0.636. The Morgan fingerprint density at radius 2 is 1.82 bits per heavy atom. The summed E-state index contributed by atoms with van der Waals surface area (Å²) in [6.07, 6.45) is 0. The second-order valence-electron chi connectivity index (χ2n) is 5.32. The highest BCUT2D eigenvalue weighted by Gasteiger charge is 2.53. The molecule has 0 saturated carbocycles. The van der Waals surface area contributed by atoms with Crippen molar-refractivity contribution >= 4 is 34.4 Å². The van der Waals surface area contributed by atoms with Gasteiger partial charge in [-0.05, 0) is 49.7 Å². The van der Waals surface area contributed by atoms with E-state index in [0.717, 1.165) is 9.35 Å². The second-order valence-corrected chi connectivity index (χ2v) is 7.18. The minimum Gasteiger partial charge on any atom is -0.402 e. The first-order chi connectivity index (χ1) is 7.73. The molecule has 1 aromatic rings. The van der Waals surface area contributed by atoms with Gasteiger partial charge in [0, 0.05) is 14.7 Å². The SMILES string of the molecule is CC1(C)OB([C@@H](N)c2cc(Br)cs2)OC1(C)C. The summed E-state index contributed by atoms with van der Waals surface area (Å²) >= 11 is 5.04. The summed E-state index contributed by atoms with van der Waals surface area (Å²) in [7, 11) is -0.384. The third-order valence-corrected chi connectivity index (χ3v) is 5.28. The Morgan fingerprint density at radius 1 is 1.29 bits per heavy atom. The van der Waals surface area contributed by atoms with Crippen molar-refractivity contribution in [3.05, 3.63) is 20.8 Å². The van der Waals surface area contributed by atoms with E-state index >= 15 is 0 Å². The Labute approximate surface area is 115 Å². The van der Waals surface area contributed by atoms with Crippen molar-refractivity contribution in [1.29, 1.82) is 0 Å². The molecule has 1 aromatic heterocycles. The highest BCUT2D eigenvalue weighted by molar-refractivity contribution is 9.10. The summed E-state index contributed by atoms with van der Waals surface area (Å²) in [6, 6.07) is 2.01. The van der Waals surface area contributed by atoms with E-state index in [4.69, 9.17) is 15.0 Å². The molecule has 6 heteroatoms. The van der Waals surface area contributed by atoms with E-state index in [-0.39, 0.29) is 24.3 Å². The summed E-state index contributed by atoms with van der Waals surface area (Å²) in [5, 5.41) is 2.01. The van der Waals surface area contributed by atoms with Gasteiger partial charge in [0.25, 0.3) is 0 Å². The van der Waals surface area contributed by atoms with Crippen LogP contribution in [0.1, 0.15) is 38.5 Å². The molecule has 3 nitrogen and oxygen atoms in total. The lowest BCUT2D eigenvalue weighted by atomic mass is 9.78. The molecule has 0 spiro atoms. The quantitative estimate of drug-likeness (QED) is 0.852. The zero-order valence-corrected chi connectivity index (χ0v) is 12.9. The predicted octanol–water partition coefficient (Wildman–Crippen LogP) is 3.14. The van der Waals surface area contributed by atoms with Crippen LogP contribution in [-0.2, 0) is 9.31 Å². The average Bonchev–Trinajstić information content (AvgIpc) is 2.69. The van der Waals surface area contributed by atoms with Crippen molar-refractivity contribution in [3.63, 3.8) is 0 Å². The van der Waals surface area contributed by atoms with Crippen LogP contribution >= 0.6 is 27.3 Å². The van der Waals surface area contributed by atoms with Crippen LogP contribution in [0.5, 0.6) is 0 Å². The molecule has 0 amide bonds. The Bertz CT molecular complexity index is 405. The molecule has 2 heterocycles. The number of thiophene rings is 1. The molecule has 0 radical (unpaired) electrons. The van der Waals surface area contributed by atoms with Crippen molar-refractivity contribution < 1.29 is 9.31 Å². The molecule has 17 heavy (non-hydrogen) atoms. The van der Waals surface area contributed by atoms with E-state index in [9.17, 15) is 0 Å². The minimum absolute atomic E-state index is 0.243. The molecule has 0 aromatic carbocycles. The Morgan fingerprint density at radius 3 is 2.24 bits per heavy atom. The molecule has 94 valence electrons. The number of hydrogen-bond donors (Lipinski definition) is 1. The molecule has 0 aliphatic carbocycles. The van der Waals surface area contributed by atoms with E-state index in [0.29, 0.717) is 0 Å². The van der Waals surface area contributed by atoms with Crippen molar-refractivity contribution in [1.82, 2.24) is 0 Å². The fourth-order valence-corrected chi connectivity index (χ4v) is 3.13. The van der Waals surface area contributed by atoms with Crippen molar-refractivity contribution in [2.75, 3.05) is 0 Å². The first-order valence-electron chi connectivity index (χ1n) is 5.58. The molecule has 1 aliphatic heterocycles. The molecule has 2 rings (SSSR count). The van der Waals surface area contributed by atoms with Gasteiger partial charge in [0.2, 0.25) is 0 Å². The van der Waals surface area contributed by atoms with Gasteiger partial charge in [-0.2, -0.15) is 0 Å². The smallest absolute Gasteiger partial charge is 0.402 e. The van der Waals surface area contributed by atoms with Gasteiger partial charge >= 0.3 is 7.12 Å². The summed E-state index contributed by atoms with van der Waals surface area (Å²) in [5.74, 6) is -0.243. The zero-order valence-electron chi connectivity index (χ0n) is 10.5. The normalized spacial score (nSPS) is 24.0. The second kappa shape index (κ2) is 4.35. The van der Waals surface area contributed by atoms with Gasteiger partial charge in [-0.15, -0.1) is 11.3 Å². The first kappa shape index (κ1) is 13.6. The van der Waals surface area contributed by atoms with Crippen LogP contribution in [0.15, 0.2) is 15.9 Å². The van der Waals surface area contributed by atoms with E-state index in [2.05, 4.69) is 15.9 Å². The summed E-state index contributed by atoms with van der Waals surface area (Å²) in [6.45, 7) is 8.13. The largest absolute Gasteiger partial charge is 0.481 e. The Balaban J connectivity index is 2.16.